The summed E-state index contributed by atoms with van der Waals surface area (Å²) in [6, 6.07) is 0.278. The van der Waals surface area contributed by atoms with Crippen LogP contribution in [0.2, 0.25) is 0 Å². The normalized spacial score (nSPS) is 25.5. The summed E-state index contributed by atoms with van der Waals surface area (Å²) in [6.07, 6.45) is 4.72. The van der Waals surface area contributed by atoms with Gasteiger partial charge in [-0.3, -0.25) is 0 Å². The summed E-state index contributed by atoms with van der Waals surface area (Å²) >= 11 is 0. The van der Waals surface area contributed by atoms with E-state index in [0.717, 1.165) is 6.42 Å². The Hall–Kier alpha value is -0.0800. The van der Waals surface area contributed by atoms with E-state index in [-0.39, 0.29) is 11.6 Å². The highest BCUT2D eigenvalue weighted by atomic mass is 16.5. The van der Waals surface area contributed by atoms with Gasteiger partial charge in [0.2, 0.25) is 0 Å². The number of rotatable bonds is 3. The molecule has 0 heterocycles. The maximum atomic E-state index is 5.68. The summed E-state index contributed by atoms with van der Waals surface area (Å²) in [5, 5.41) is 0. The Morgan fingerprint density at radius 1 is 1.60 bits per heavy atom. The van der Waals surface area contributed by atoms with Gasteiger partial charge >= 0.3 is 0 Å². The second-order valence-corrected chi connectivity index (χ2v) is 3.42. The Labute approximate surface area is 62.7 Å². The molecule has 1 saturated carbocycles. The van der Waals surface area contributed by atoms with Gasteiger partial charge in [-0.25, -0.2) is 0 Å². The van der Waals surface area contributed by atoms with E-state index in [0.29, 0.717) is 0 Å². The van der Waals surface area contributed by atoms with E-state index < -0.39 is 0 Å². The van der Waals surface area contributed by atoms with Gasteiger partial charge in [-0.05, 0) is 32.6 Å². The van der Waals surface area contributed by atoms with Gasteiger partial charge < -0.3 is 10.5 Å². The van der Waals surface area contributed by atoms with Crippen LogP contribution < -0.4 is 5.73 Å². The van der Waals surface area contributed by atoms with Crippen molar-refractivity contribution < 1.29 is 4.74 Å². The first-order valence-electron chi connectivity index (χ1n) is 3.99. The number of methoxy groups -OCH3 is 1. The minimum Gasteiger partial charge on any atom is -0.378 e. The molecule has 0 radical (unpaired) electrons. The van der Waals surface area contributed by atoms with Gasteiger partial charge in [-0.1, -0.05) is 0 Å². The fourth-order valence-electron chi connectivity index (χ4n) is 1.65. The van der Waals surface area contributed by atoms with Crippen molar-refractivity contribution in [1.29, 1.82) is 0 Å². The quantitative estimate of drug-likeness (QED) is 0.646. The molecule has 10 heavy (non-hydrogen) atoms. The highest BCUT2D eigenvalue weighted by Crippen LogP contribution is 2.38. The zero-order valence-corrected chi connectivity index (χ0v) is 6.89. The van der Waals surface area contributed by atoms with E-state index in [2.05, 4.69) is 0 Å². The number of hydrogen-bond acceptors (Lipinski definition) is 2. The predicted octanol–water partition coefficient (Wildman–Crippen LogP) is 1.29. The SMILES string of the molecule is COC1(CC(C)N)CCC1. The van der Waals surface area contributed by atoms with Gasteiger partial charge in [0.05, 0.1) is 5.60 Å². The molecule has 1 atom stereocenters. The third-order valence-corrected chi connectivity index (χ3v) is 2.39. The van der Waals surface area contributed by atoms with Crippen molar-refractivity contribution in [3.63, 3.8) is 0 Å². The van der Waals surface area contributed by atoms with Crippen LogP contribution >= 0.6 is 0 Å². The molecular weight excluding hydrogens is 126 g/mol. The smallest absolute Gasteiger partial charge is 0.0693 e. The second-order valence-electron chi connectivity index (χ2n) is 3.42. The van der Waals surface area contributed by atoms with E-state index in [1.807, 2.05) is 6.92 Å². The van der Waals surface area contributed by atoms with E-state index in [9.17, 15) is 0 Å². The largest absolute Gasteiger partial charge is 0.378 e. The molecule has 0 aromatic rings. The Morgan fingerprint density at radius 3 is 2.30 bits per heavy atom. The predicted molar refractivity (Wildman–Crippen MR) is 41.9 cm³/mol. The average Bonchev–Trinajstić information content (AvgIpc) is 1.78. The minimum absolute atomic E-state index is 0.161. The summed E-state index contributed by atoms with van der Waals surface area (Å²) in [7, 11) is 1.79. The Balaban J connectivity index is 2.33. The van der Waals surface area contributed by atoms with Crippen LogP contribution in [0.4, 0.5) is 0 Å². The van der Waals surface area contributed by atoms with Crippen LogP contribution in [0.15, 0.2) is 0 Å². The molecule has 0 aliphatic heterocycles. The first kappa shape index (κ1) is 8.02. The summed E-state index contributed by atoms with van der Waals surface area (Å²) < 4.78 is 5.40. The van der Waals surface area contributed by atoms with Gasteiger partial charge in [0.1, 0.15) is 0 Å². The van der Waals surface area contributed by atoms with E-state index >= 15 is 0 Å². The summed E-state index contributed by atoms with van der Waals surface area (Å²) in [5.41, 5.74) is 5.84. The van der Waals surface area contributed by atoms with Crippen molar-refractivity contribution in [3.05, 3.63) is 0 Å². The Kier molecular flexibility index (Phi) is 2.32. The first-order valence-corrected chi connectivity index (χ1v) is 3.99. The molecule has 0 aromatic carbocycles. The molecule has 2 heteroatoms. The van der Waals surface area contributed by atoms with Crippen LogP contribution in [0.3, 0.4) is 0 Å². The van der Waals surface area contributed by atoms with E-state index in [4.69, 9.17) is 10.5 Å². The molecule has 60 valence electrons. The third-order valence-electron chi connectivity index (χ3n) is 2.39. The van der Waals surface area contributed by atoms with Gasteiger partial charge in [0.15, 0.2) is 0 Å². The second kappa shape index (κ2) is 2.89. The molecule has 2 nitrogen and oxygen atoms in total. The van der Waals surface area contributed by atoms with Crippen LogP contribution in [-0.4, -0.2) is 18.8 Å². The standard InChI is InChI=1S/C8H17NO/c1-7(9)6-8(10-2)4-3-5-8/h7H,3-6,9H2,1-2H3. The van der Waals surface area contributed by atoms with Crippen molar-refractivity contribution in [2.45, 2.75) is 44.2 Å². The lowest BCUT2D eigenvalue weighted by Crippen LogP contribution is -2.43. The monoisotopic (exact) mass is 143 g/mol. The zero-order chi connectivity index (χ0) is 7.61. The molecule has 0 spiro atoms. The lowest BCUT2D eigenvalue weighted by molar-refractivity contribution is -0.0804. The van der Waals surface area contributed by atoms with Crippen LogP contribution in [0.5, 0.6) is 0 Å². The molecule has 0 aromatic heterocycles. The van der Waals surface area contributed by atoms with Gasteiger partial charge in [-0.15, -0.1) is 0 Å². The highest BCUT2D eigenvalue weighted by molar-refractivity contribution is 4.91. The molecule has 0 amide bonds. The molecule has 1 aliphatic rings. The van der Waals surface area contributed by atoms with Gasteiger partial charge in [-0.2, -0.15) is 0 Å². The van der Waals surface area contributed by atoms with Crippen LogP contribution in [-0.2, 0) is 4.74 Å². The maximum Gasteiger partial charge on any atom is 0.0693 e. The average molecular weight is 143 g/mol. The van der Waals surface area contributed by atoms with Gasteiger partial charge in [0.25, 0.3) is 0 Å². The molecule has 1 rings (SSSR count). The van der Waals surface area contributed by atoms with Crippen molar-refractivity contribution >= 4 is 0 Å². The summed E-state index contributed by atoms with van der Waals surface area (Å²) in [5.74, 6) is 0. The summed E-state index contributed by atoms with van der Waals surface area (Å²) in [6.45, 7) is 2.04. The fourth-order valence-corrected chi connectivity index (χ4v) is 1.65. The fraction of sp³-hybridized carbons (Fsp3) is 1.00. The summed E-state index contributed by atoms with van der Waals surface area (Å²) in [4.78, 5) is 0. The van der Waals surface area contributed by atoms with Crippen molar-refractivity contribution in [3.8, 4) is 0 Å². The number of hydrogen-bond donors (Lipinski definition) is 1. The zero-order valence-electron chi connectivity index (χ0n) is 6.89. The maximum absolute atomic E-state index is 5.68. The lowest BCUT2D eigenvalue weighted by atomic mass is 9.76. The number of nitrogens with two attached hydrogens (primary N) is 1. The molecule has 1 fully saturated rings. The molecule has 1 aliphatic carbocycles. The Morgan fingerprint density at radius 2 is 2.20 bits per heavy atom. The Bertz CT molecular complexity index is 102. The van der Waals surface area contributed by atoms with E-state index in [1.165, 1.54) is 19.3 Å². The van der Waals surface area contributed by atoms with E-state index in [1.54, 1.807) is 7.11 Å². The number of ether oxygens (including phenoxy) is 1. The molecule has 1 unspecified atom stereocenters. The highest BCUT2D eigenvalue weighted by Gasteiger charge is 2.37. The van der Waals surface area contributed by atoms with Crippen molar-refractivity contribution in [1.82, 2.24) is 0 Å². The van der Waals surface area contributed by atoms with Crippen LogP contribution in [0.25, 0.3) is 0 Å². The van der Waals surface area contributed by atoms with Crippen LogP contribution in [0.1, 0.15) is 32.6 Å². The van der Waals surface area contributed by atoms with Gasteiger partial charge in [0, 0.05) is 13.2 Å². The van der Waals surface area contributed by atoms with Crippen molar-refractivity contribution in [2.24, 2.45) is 5.73 Å². The lowest BCUT2D eigenvalue weighted by Gasteiger charge is -2.41. The van der Waals surface area contributed by atoms with Crippen LogP contribution in [0, 0.1) is 0 Å². The molecule has 2 N–H and O–H groups in total. The molecular formula is C8H17NO. The third kappa shape index (κ3) is 1.50. The molecule has 0 saturated heterocycles. The minimum atomic E-state index is 0.161. The first-order chi connectivity index (χ1) is 4.68. The molecule has 0 bridgehead atoms. The van der Waals surface area contributed by atoms with Crippen molar-refractivity contribution in [2.75, 3.05) is 7.11 Å². The topological polar surface area (TPSA) is 35.2 Å².